The van der Waals surface area contributed by atoms with Gasteiger partial charge in [0.2, 0.25) is 11.8 Å². The van der Waals surface area contributed by atoms with Crippen molar-refractivity contribution in [3.05, 3.63) is 64.6 Å². The molecule has 0 bridgehead atoms. The topological polar surface area (TPSA) is 59.2 Å². The number of likely N-dealkylation sites (N-methyl/N-ethyl adjacent to an activating group) is 1. The smallest absolute Gasteiger partial charge is 0.234 e. The average Bonchev–Trinajstić information content (AvgIpc) is 2.99. The third-order valence-corrected chi connectivity index (χ3v) is 4.31. The van der Waals surface area contributed by atoms with Crippen LogP contribution in [0.5, 0.6) is 0 Å². The number of carbonyl (C=O) groups excluding carboxylic acids is 1. The quantitative estimate of drug-likeness (QED) is 0.637. The summed E-state index contributed by atoms with van der Waals surface area (Å²) in [4.78, 5) is 23.2. The Morgan fingerprint density at radius 3 is 2.60 bits per heavy atom. The molecule has 3 rings (SSSR count). The molecule has 6 heteroatoms. The minimum atomic E-state index is -0.0617. The molecular formula is C19H18BrN3O2. The minimum Gasteiger partial charge on any atom is -0.441 e. The van der Waals surface area contributed by atoms with Crippen LogP contribution in [0.1, 0.15) is 18.4 Å². The van der Waals surface area contributed by atoms with Gasteiger partial charge in [-0.3, -0.25) is 9.69 Å². The van der Waals surface area contributed by atoms with Crippen molar-refractivity contribution in [3.8, 4) is 11.5 Å². The fraction of sp³-hybridized carbons (Fsp3) is 0.211. The van der Waals surface area contributed by atoms with Crippen LogP contribution < -0.4 is 4.90 Å². The summed E-state index contributed by atoms with van der Waals surface area (Å²) in [6.07, 6.45) is 1.86. The summed E-state index contributed by atoms with van der Waals surface area (Å²) >= 11 is 3.35. The fourth-order valence-electron chi connectivity index (χ4n) is 2.53. The lowest BCUT2D eigenvalue weighted by Crippen LogP contribution is -2.32. The number of anilines is 1. The van der Waals surface area contributed by atoms with Crippen LogP contribution in [-0.2, 0) is 11.2 Å². The van der Waals surface area contributed by atoms with Crippen molar-refractivity contribution in [1.82, 2.24) is 9.97 Å². The molecule has 0 fully saturated rings. The summed E-state index contributed by atoms with van der Waals surface area (Å²) in [7, 11) is 0. The molecule has 2 aromatic heterocycles. The van der Waals surface area contributed by atoms with Crippen LogP contribution in [0.2, 0.25) is 0 Å². The molecule has 0 aliphatic carbocycles. The molecular weight excluding hydrogens is 382 g/mol. The number of pyridine rings is 1. The molecule has 1 amide bonds. The summed E-state index contributed by atoms with van der Waals surface area (Å²) in [5, 5.41) is 0. The van der Waals surface area contributed by atoms with Crippen molar-refractivity contribution < 1.29 is 9.21 Å². The van der Waals surface area contributed by atoms with E-state index < -0.39 is 0 Å². The van der Waals surface area contributed by atoms with E-state index in [1.54, 1.807) is 11.1 Å². The number of benzene rings is 1. The monoisotopic (exact) mass is 399 g/mol. The van der Waals surface area contributed by atoms with Gasteiger partial charge in [-0.2, -0.15) is 0 Å². The molecule has 0 aliphatic heterocycles. The maximum Gasteiger partial charge on any atom is 0.234 e. The molecule has 0 aliphatic rings. The van der Waals surface area contributed by atoms with Crippen LogP contribution in [0.25, 0.3) is 11.5 Å². The summed E-state index contributed by atoms with van der Waals surface area (Å²) in [5.41, 5.74) is 1.55. The van der Waals surface area contributed by atoms with Crippen LogP contribution in [0.4, 0.5) is 5.82 Å². The molecule has 0 unspecified atom stereocenters. The van der Waals surface area contributed by atoms with Crippen LogP contribution in [0.3, 0.4) is 0 Å². The molecule has 1 aromatic carbocycles. The molecule has 25 heavy (non-hydrogen) atoms. The lowest BCUT2D eigenvalue weighted by molar-refractivity contribution is -0.118. The molecule has 0 radical (unpaired) electrons. The van der Waals surface area contributed by atoms with Gasteiger partial charge in [-0.1, -0.05) is 18.2 Å². The lowest BCUT2D eigenvalue weighted by Gasteiger charge is -2.19. The molecule has 2 heterocycles. The number of nitrogens with zero attached hydrogens (tertiary/aromatic N) is 3. The van der Waals surface area contributed by atoms with E-state index in [9.17, 15) is 4.79 Å². The van der Waals surface area contributed by atoms with Crippen molar-refractivity contribution in [2.45, 2.75) is 20.3 Å². The Hall–Kier alpha value is -2.47. The van der Waals surface area contributed by atoms with Gasteiger partial charge < -0.3 is 4.42 Å². The van der Waals surface area contributed by atoms with Gasteiger partial charge in [0, 0.05) is 22.8 Å². The Balaban J connectivity index is 1.80. The van der Waals surface area contributed by atoms with Crippen molar-refractivity contribution >= 4 is 27.7 Å². The maximum absolute atomic E-state index is 12.7. The van der Waals surface area contributed by atoms with Gasteiger partial charge in [0.05, 0.1) is 12.1 Å². The summed E-state index contributed by atoms with van der Waals surface area (Å²) < 4.78 is 6.61. The van der Waals surface area contributed by atoms with Gasteiger partial charge in [-0.25, -0.2) is 9.97 Å². The van der Waals surface area contributed by atoms with Crippen molar-refractivity contribution in [1.29, 1.82) is 0 Å². The molecule has 0 N–H and O–H groups in total. The number of amides is 1. The first-order valence-electron chi connectivity index (χ1n) is 8.02. The summed E-state index contributed by atoms with van der Waals surface area (Å²) in [5.74, 6) is 1.76. The highest BCUT2D eigenvalue weighted by Crippen LogP contribution is 2.23. The minimum absolute atomic E-state index is 0.0617. The Morgan fingerprint density at radius 2 is 1.96 bits per heavy atom. The van der Waals surface area contributed by atoms with Gasteiger partial charge in [0.1, 0.15) is 11.6 Å². The number of hydrogen-bond acceptors (Lipinski definition) is 4. The Kier molecular flexibility index (Phi) is 5.28. The standard InChI is InChI=1S/C19H18BrN3O2/c1-3-23(17-10-9-15(20)12-21-17)18(24)11-16-13(2)25-19(22-16)14-7-5-4-6-8-14/h4-10,12H,3,11H2,1-2H3. The zero-order valence-corrected chi connectivity index (χ0v) is 15.7. The third-order valence-electron chi connectivity index (χ3n) is 3.84. The highest BCUT2D eigenvalue weighted by atomic mass is 79.9. The second kappa shape index (κ2) is 7.61. The normalized spacial score (nSPS) is 10.7. The van der Waals surface area contributed by atoms with E-state index in [1.807, 2.05) is 56.3 Å². The van der Waals surface area contributed by atoms with Crippen molar-refractivity contribution in [2.24, 2.45) is 0 Å². The zero-order chi connectivity index (χ0) is 17.8. The van der Waals surface area contributed by atoms with E-state index in [0.29, 0.717) is 29.7 Å². The predicted molar refractivity (Wildman–Crippen MR) is 100 cm³/mol. The number of hydrogen-bond donors (Lipinski definition) is 0. The highest BCUT2D eigenvalue weighted by Gasteiger charge is 2.20. The van der Waals surface area contributed by atoms with Crippen LogP contribution in [-0.4, -0.2) is 22.4 Å². The molecule has 3 aromatic rings. The van der Waals surface area contributed by atoms with Crippen molar-refractivity contribution in [3.63, 3.8) is 0 Å². The Labute approximate surface area is 154 Å². The Morgan fingerprint density at radius 1 is 1.20 bits per heavy atom. The second-order valence-corrected chi connectivity index (χ2v) is 6.45. The molecule has 128 valence electrons. The molecule has 5 nitrogen and oxygen atoms in total. The maximum atomic E-state index is 12.7. The van der Waals surface area contributed by atoms with E-state index in [1.165, 1.54) is 0 Å². The van der Waals surface area contributed by atoms with Gasteiger partial charge in [0.25, 0.3) is 0 Å². The van der Waals surface area contributed by atoms with Crippen LogP contribution in [0, 0.1) is 6.92 Å². The van der Waals surface area contributed by atoms with E-state index in [-0.39, 0.29) is 12.3 Å². The van der Waals surface area contributed by atoms with Crippen LogP contribution >= 0.6 is 15.9 Å². The average molecular weight is 400 g/mol. The molecule has 0 saturated carbocycles. The van der Waals surface area contributed by atoms with Crippen molar-refractivity contribution in [2.75, 3.05) is 11.4 Å². The van der Waals surface area contributed by atoms with Gasteiger partial charge >= 0.3 is 0 Å². The number of oxazole rings is 1. The number of halogens is 1. The number of aryl methyl sites for hydroxylation is 1. The van der Waals surface area contributed by atoms with E-state index >= 15 is 0 Å². The molecule has 0 spiro atoms. The SMILES string of the molecule is CCN(C(=O)Cc1nc(-c2ccccc2)oc1C)c1ccc(Br)cn1. The first-order chi connectivity index (χ1) is 12.1. The zero-order valence-electron chi connectivity index (χ0n) is 14.1. The predicted octanol–water partition coefficient (Wildman–Crippen LogP) is 4.40. The fourth-order valence-corrected chi connectivity index (χ4v) is 2.76. The van der Waals surface area contributed by atoms with Gasteiger partial charge in [-0.05, 0) is 54.0 Å². The summed E-state index contributed by atoms with van der Waals surface area (Å²) in [6, 6.07) is 13.3. The van der Waals surface area contributed by atoms with Gasteiger partial charge in [0.15, 0.2) is 0 Å². The number of carbonyl (C=O) groups is 1. The third kappa shape index (κ3) is 3.96. The van der Waals surface area contributed by atoms with E-state index in [2.05, 4.69) is 25.9 Å². The first kappa shape index (κ1) is 17.4. The highest BCUT2D eigenvalue weighted by molar-refractivity contribution is 9.10. The summed E-state index contributed by atoms with van der Waals surface area (Å²) in [6.45, 7) is 4.29. The van der Waals surface area contributed by atoms with E-state index in [0.717, 1.165) is 10.0 Å². The molecule has 0 atom stereocenters. The lowest BCUT2D eigenvalue weighted by atomic mass is 10.2. The second-order valence-electron chi connectivity index (χ2n) is 5.54. The largest absolute Gasteiger partial charge is 0.441 e. The number of aromatic nitrogens is 2. The number of rotatable bonds is 5. The van der Waals surface area contributed by atoms with E-state index in [4.69, 9.17) is 4.42 Å². The van der Waals surface area contributed by atoms with Crippen LogP contribution in [0.15, 0.2) is 57.6 Å². The molecule has 0 saturated heterocycles. The first-order valence-corrected chi connectivity index (χ1v) is 8.81. The van der Waals surface area contributed by atoms with Gasteiger partial charge in [-0.15, -0.1) is 0 Å². The Bertz CT molecular complexity index is 860.